The largest absolute Gasteiger partial charge is 0.324 e. The van der Waals surface area contributed by atoms with Crippen LogP contribution in [-0.4, -0.2) is 0 Å². The molecular formula is C14H12Br2FN. The minimum atomic E-state index is -0.242. The first-order valence-corrected chi connectivity index (χ1v) is 7.10. The number of halogens is 3. The summed E-state index contributed by atoms with van der Waals surface area (Å²) in [5.41, 5.74) is 7.75. The molecule has 1 nitrogen and oxygen atoms in total. The predicted molar refractivity (Wildman–Crippen MR) is 78.9 cm³/mol. The molecule has 0 fully saturated rings. The van der Waals surface area contributed by atoms with Crippen LogP contribution >= 0.6 is 31.9 Å². The van der Waals surface area contributed by atoms with Crippen LogP contribution in [0.3, 0.4) is 0 Å². The summed E-state index contributed by atoms with van der Waals surface area (Å²) in [5.74, 6) is -0.209. The summed E-state index contributed by atoms with van der Waals surface area (Å²) in [6.45, 7) is 0. The molecule has 0 radical (unpaired) electrons. The fourth-order valence-electron chi connectivity index (χ4n) is 1.81. The van der Waals surface area contributed by atoms with Crippen LogP contribution in [0.4, 0.5) is 4.39 Å². The molecule has 0 amide bonds. The zero-order valence-electron chi connectivity index (χ0n) is 9.54. The van der Waals surface area contributed by atoms with Crippen molar-refractivity contribution in [1.29, 1.82) is 0 Å². The van der Waals surface area contributed by atoms with E-state index in [1.165, 1.54) is 6.07 Å². The summed E-state index contributed by atoms with van der Waals surface area (Å²) in [6.07, 6.45) is 0.474. The zero-order valence-corrected chi connectivity index (χ0v) is 12.7. The summed E-state index contributed by atoms with van der Waals surface area (Å²) >= 11 is 6.88. The molecule has 0 bridgehead atoms. The van der Waals surface area contributed by atoms with E-state index in [0.29, 0.717) is 12.0 Å². The molecule has 2 aromatic rings. The van der Waals surface area contributed by atoms with Crippen LogP contribution < -0.4 is 5.73 Å². The Morgan fingerprint density at radius 1 is 1.11 bits per heavy atom. The van der Waals surface area contributed by atoms with Gasteiger partial charge in [-0.2, -0.15) is 0 Å². The highest BCUT2D eigenvalue weighted by Crippen LogP contribution is 2.28. The number of benzene rings is 2. The third-order valence-electron chi connectivity index (χ3n) is 2.76. The van der Waals surface area contributed by atoms with Crippen molar-refractivity contribution in [2.75, 3.05) is 0 Å². The zero-order chi connectivity index (χ0) is 13.1. The quantitative estimate of drug-likeness (QED) is 0.837. The molecular weight excluding hydrogens is 361 g/mol. The summed E-state index contributed by atoms with van der Waals surface area (Å²) in [6, 6.07) is 12.3. The van der Waals surface area contributed by atoms with Gasteiger partial charge in [-0.15, -0.1) is 0 Å². The van der Waals surface area contributed by atoms with Gasteiger partial charge in [-0.1, -0.05) is 50.1 Å². The van der Waals surface area contributed by atoms with Crippen LogP contribution in [0.25, 0.3) is 0 Å². The van der Waals surface area contributed by atoms with E-state index in [0.717, 1.165) is 14.5 Å². The first-order valence-electron chi connectivity index (χ1n) is 5.52. The molecule has 0 saturated carbocycles. The van der Waals surface area contributed by atoms with Crippen molar-refractivity contribution in [2.45, 2.75) is 12.5 Å². The van der Waals surface area contributed by atoms with E-state index >= 15 is 0 Å². The van der Waals surface area contributed by atoms with E-state index in [1.54, 1.807) is 12.1 Å². The van der Waals surface area contributed by atoms with E-state index < -0.39 is 0 Å². The lowest BCUT2D eigenvalue weighted by molar-refractivity contribution is 0.593. The Morgan fingerprint density at radius 2 is 1.83 bits per heavy atom. The van der Waals surface area contributed by atoms with E-state index in [9.17, 15) is 4.39 Å². The maximum absolute atomic E-state index is 13.6. The van der Waals surface area contributed by atoms with Crippen molar-refractivity contribution in [3.63, 3.8) is 0 Å². The third-order valence-corrected chi connectivity index (χ3v) is 3.97. The number of nitrogens with two attached hydrogens (primary N) is 1. The average molecular weight is 373 g/mol. The van der Waals surface area contributed by atoms with Crippen LogP contribution in [0.1, 0.15) is 17.2 Å². The topological polar surface area (TPSA) is 26.0 Å². The third kappa shape index (κ3) is 3.19. The summed E-state index contributed by atoms with van der Waals surface area (Å²) in [4.78, 5) is 0. The molecule has 0 aliphatic rings. The molecule has 0 aliphatic heterocycles. The van der Waals surface area contributed by atoms with Crippen molar-refractivity contribution in [3.8, 4) is 0 Å². The highest BCUT2D eigenvalue weighted by Gasteiger charge is 2.13. The summed E-state index contributed by atoms with van der Waals surface area (Å²) < 4.78 is 15.5. The second-order valence-electron chi connectivity index (χ2n) is 4.07. The maximum atomic E-state index is 13.6. The lowest BCUT2D eigenvalue weighted by Crippen LogP contribution is -2.14. The van der Waals surface area contributed by atoms with Gasteiger partial charge in [0.15, 0.2) is 0 Å². The molecule has 1 unspecified atom stereocenters. The van der Waals surface area contributed by atoms with Crippen molar-refractivity contribution in [3.05, 3.63) is 68.4 Å². The Labute approximate surface area is 122 Å². The van der Waals surface area contributed by atoms with Crippen molar-refractivity contribution >= 4 is 31.9 Å². The van der Waals surface area contributed by atoms with Crippen molar-refractivity contribution in [1.82, 2.24) is 0 Å². The normalized spacial score (nSPS) is 12.4. The number of hydrogen-bond acceptors (Lipinski definition) is 1. The SMILES string of the molecule is NC(Cc1ccccc1F)c1cc(Br)ccc1Br. The van der Waals surface area contributed by atoms with E-state index in [2.05, 4.69) is 31.9 Å². The Hall–Kier alpha value is -0.710. The van der Waals surface area contributed by atoms with Crippen molar-refractivity contribution in [2.24, 2.45) is 5.73 Å². The second-order valence-corrected chi connectivity index (χ2v) is 5.84. The highest BCUT2D eigenvalue weighted by molar-refractivity contribution is 9.11. The second kappa shape index (κ2) is 5.95. The standard InChI is InChI=1S/C14H12Br2FN/c15-10-5-6-12(16)11(8-10)14(18)7-9-3-1-2-4-13(9)17/h1-6,8,14H,7,18H2. The smallest absolute Gasteiger partial charge is 0.126 e. The lowest BCUT2D eigenvalue weighted by atomic mass is 9.99. The number of hydrogen-bond donors (Lipinski definition) is 1. The Kier molecular flexibility index (Phi) is 4.54. The molecule has 18 heavy (non-hydrogen) atoms. The fraction of sp³-hybridized carbons (Fsp3) is 0.143. The molecule has 0 aliphatic carbocycles. The molecule has 94 valence electrons. The first kappa shape index (κ1) is 13.7. The van der Waals surface area contributed by atoms with Crippen molar-refractivity contribution < 1.29 is 4.39 Å². The van der Waals surface area contributed by atoms with Gasteiger partial charge in [0, 0.05) is 15.0 Å². The average Bonchev–Trinajstić information content (AvgIpc) is 2.35. The van der Waals surface area contributed by atoms with Gasteiger partial charge in [-0.25, -0.2) is 4.39 Å². The van der Waals surface area contributed by atoms with E-state index in [1.807, 2.05) is 24.3 Å². The molecule has 0 aromatic heterocycles. The monoisotopic (exact) mass is 371 g/mol. The maximum Gasteiger partial charge on any atom is 0.126 e. The minimum absolute atomic E-state index is 0.209. The van der Waals surface area contributed by atoms with Gasteiger partial charge in [0.05, 0.1) is 0 Å². The summed E-state index contributed by atoms with van der Waals surface area (Å²) in [7, 11) is 0. The molecule has 0 heterocycles. The lowest BCUT2D eigenvalue weighted by Gasteiger charge is -2.15. The molecule has 0 saturated heterocycles. The summed E-state index contributed by atoms with van der Waals surface area (Å²) in [5, 5.41) is 0. The van der Waals surface area contributed by atoms with Gasteiger partial charge in [0.1, 0.15) is 5.82 Å². The van der Waals surface area contributed by atoms with Gasteiger partial charge in [-0.3, -0.25) is 0 Å². The van der Waals surface area contributed by atoms with Gasteiger partial charge in [0.2, 0.25) is 0 Å². The Balaban J connectivity index is 2.25. The van der Waals surface area contributed by atoms with Gasteiger partial charge < -0.3 is 5.73 Å². The van der Waals surface area contributed by atoms with Gasteiger partial charge >= 0.3 is 0 Å². The van der Waals surface area contributed by atoms with Gasteiger partial charge in [0.25, 0.3) is 0 Å². The molecule has 2 aromatic carbocycles. The Morgan fingerprint density at radius 3 is 2.56 bits per heavy atom. The minimum Gasteiger partial charge on any atom is -0.324 e. The van der Waals surface area contributed by atoms with Crippen LogP contribution in [-0.2, 0) is 6.42 Å². The van der Waals surface area contributed by atoms with E-state index in [-0.39, 0.29) is 11.9 Å². The Bertz CT molecular complexity index is 557. The molecule has 1 atom stereocenters. The first-order chi connectivity index (χ1) is 8.58. The van der Waals surface area contributed by atoms with E-state index in [4.69, 9.17) is 5.73 Å². The molecule has 0 spiro atoms. The van der Waals surface area contributed by atoms with Crippen LogP contribution in [0.15, 0.2) is 51.4 Å². The van der Waals surface area contributed by atoms with Gasteiger partial charge in [-0.05, 0) is 41.8 Å². The fourth-order valence-corrected chi connectivity index (χ4v) is 2.73. The molecule has 2 rings (SSSR count). The number of rotatable bonds is 3. The molecule has 2 N–H and O–H groups in total. The van der Waals surface area contributed by atoms with Crippen LogP contribution in [0.5, 0.6) is 0 Å². The molecule has 4 heteroatoms. The van der Waals surface area contributed by atoms with Crippen LogP contribution in [0, 0.1) is 5.82 Å². The predicted octanol–water partition coefficient (Wildman–Crippen LogP) is 4.59. The van der Waals surface area contributed by atoms with Crippen LogP contribution in [0.2, 0.25) is 0 Å². The highest BCUT2D eigenvalue weighted by atomic mass is 79.9.